The Bertz CT molecular complexity index is 898. The molecule has 0 saturated heterocycles. The monoisotopic (exact) mass is 322 g/mol. The van der Waals surface area contributed by atoms with Crippen molar-refractivity contribution in [3.63, 3.8) is 0 Å². The van der Waals surface area contributed by atoms with Crippen LogP contribution >= 0.6 is 0 Å². The molecule has 122 valence electrons. The lowest BCUT2D eigenvalue weighted by molar-refractivity contribution is 0.101. The fourth-order valence-corrected chi connectivity index (χ4v) is 2.40. The van der Waals surface area contributed by atoms with Crippen LogP contribution in [0, 0.1) is 20.8 Å². The summed E-state index contributed by atoms with van der Waals surface area (Å²) in [5.41, 5.74) is 3.33. The number of ketones is 1. The number of benzene rings is 1. The topological polar surface area (TPSA) is 69.9 Å². The molecule has 24 heavy (non-hydrogen) atoms. The van der Waals surface area contributed by atoms with Crippen LogP contribution in [0.25, 0.3) is 5.82 Å². The fourth-order valence-electron chi connectivity index (χ4n) is 2.40. The molecular weight excluding hydrogens is 304 g/mol. The zero-order valence-corrected chi connectivity index (χ0v) is 14.1. The van der Waals surface area contributed by atoms with Crippen molar-refractivity contribution in [2.45, 2.75) is 27.7 Å². The Hall–Kier alpha value is -3.02. The molecule has 2 aromatic heterocycles. The van der Waals surface area contributed by atoms with E-state index in [9.17, 15) is 4.79 Å². The minimum Gasteiger partial charge on any atom is -0.424 e. The second-order valence-electron chi connectivity index (χ2n) is 5.67. The maximum absolute atomic E-state index is 11.3. The Morgan fingerprint density at radius 2 is 1.71 bits per heavy atom. The Labute approximate surface area is 140 Å². The normalized spacial score (nSPS) is 10.7. The number of hydrogen-bond acceptors (Lipinski definition) is 5. The van der Waals surface area contributed by atoms with E-state index in [4.69, 9.17) is 4.74 Å². The third-order valence-electron chi connectivity index (χ3n) is 3.52. The lowest BCUT2D eigenvalue weighted by atomic mass is 10.1. The molecule has 0 fully saturated rings. The zero-order valence-electron chi connectivity index (χ0n) is 14.1. The molecule has 1 aromatic carbocycles. The summed E-state index contributed by atoms with van der Waals surface area (Å²) in [6.45, 7) is 7.31. The molecule has 0 N–H and O–H groups in total. The van der Waals surface area contributed by atoms with Crippen LogP contribution in [0.4, 0.5) is 0 Å². The van der Waals surface area contributed by atoms with Crippen molar-refractivity contribution in [2.75, 3.05) is 0 Å². The SMILES string of the molecule is CC(=O)c1ccc(Oc2nc(C)cc(-n3nc(C)cc3C)n2)cc1. The first kappa shape index (κ1) is 15.9. The maximum Gasteiger partial charge on any atom is 0.324 e. The van der Waals surface area contributed by atoms with Gasteiger partial charge in [0, 0.05) is 23.0 Å². The standard InChI is InChI=1S/C18H18N4O2/c1-11-10-17(22-13(3)9-12(2)21-22)20-18(19-11)24-16-7-5-15(6-8-16)14(4)23/h5-10H,1-4H3. The summed E-state index contributed by atoms with van der Waals surface area (Å²) in [5, 5.41) is 4.43. The second-order valence-corrected chi connectivity index (χ2v) is 5.67. The number of carbonyl (C=O) groups is 1. The number of aryl methyl sites for hydroxylation is 3. The van der Waals surface area contributed by atoms with Gasteiger partial charge in [-0.3, -0.25) is 4.79 Å². The first-order valence-corrected chi connectivity index (χ1v) is 7.60. The van der Waals surface area contributed by atoms with Gasteiger partial charge in [0.15, 0.2) is 11.6 Å². The van der Waals surface area contributed by atoms with Crippen LogP contribution < -0.4 is 4.74 Å². The number of hydrogen-bond donors (Lipinski definition) is 0. The summed E-state index contributed by atoms with van der Waals surface area (Å²) in [5.74, 6) is 1.24. The van der Waals surface area contributed by atoms with Gasteiger partial charge >= 0.3 is 6.01 Å². The molecule has 6 nitrogen and oxygen atoms in total. The second kappa shape index (κ2) is 6.23. The number of carbonyl (C=O) groups excluding carboxylic acids is 1. The minimum absolute atomic E-state index is 0.0140. The van der Waals surface area contributed by atoms with Gasteiger partial charge in [0.25, 0.3) is 0 Å². The summed E-state index contributed by atoms with van der Waals surface area (Å²) in [6, 6.07) is 11.0. The fraction of sp³-hybridized carbons (Fsp3) is 0.222. The average Bonchev–Trinajstić information content (AvgIpc) is 2.86. The zero-order chi connectivity index (χ0) is 17.3. The molecule has 0 saturated carbocycles. The lowest BCUT2D eigenvalue weighted by Gasteiger charge is -2.08. The van der Waals surface area contributed by atoms with Crippen molar-refractivity contribution in [3.05, 3.63) is 59.0 Å². The molecule has 2 heterocycles. The predicted octanol–water partition coefficient (Wildman–Crippen LogP) is 3.58. The number of nitrogens with zero attached hydrogens (tertiary/aromatic N) is 4. The van der Waals surface area contributed by atoms with Crippen LogP contribution in [-0.4, -0.2) is 25.5 Å². The van der Waals surface area contributed by atoms with Crippen LogP contribution in [0.2, 0.25) is 0 Å². The summed E-state index contributed by atoms with van der Waals surface area (Å²) < 4.78 is 7.49. The van der Waals surface area contributed by atoms with Gasteiger partial charge in [0.05, 0.1) is 5.69 Å². The Balaban J connectivity index is 1.91. The first-order chi connectivity index (χ1) is 11.4. The van der Waals surface area contributed by atoms with Crippen molar-refractivity contribution >= 4 is 5.78 Å². The van der Waals surface area contributed by atoms with E-state index in [2.05, 4.69) is 15.1 Å². The van der Waals surface area contributed by atoms with Gasteiger partial charge in [-0.05, 0) is 58.0 Å². The molecule has 0 spiro atoms. The smallest absolute Gasteiger partial charge is 0.324 e. The highest BCUT2D eigenvalue weighted by Gasteiger charge is 2.10. The molecule has 0 aliphatic carbocycles. The van der Waals surface area contributed by atoms with E-state index in [1.165, 1.54) is 6.92 Å². The number of rotatable bonds is 4. The Kier molecular flexibility index (Phi) is 4.12. The minimum atomic E-state index is 0.0140. The van der Waals surface area contributed by atoms with Crippen LogP contribution in [0.1, 0.15) is 34.4 Å². The molecule has 0 atom stereocenters. The van der Waals surface area contributed by atoms with E-state index >= 15 is 0 Å². The van der Waals surface area contributed by atoms with Gasteiger partial charge in [-0.2, -0.15) is 10.1 Å². The third kappa shape index (κ3) is 3.32. The van der Waals surface area contributed by atoms with Crippen molar-refractivity contribution in [2.24, 2.45) is 0 Å². The first-order valence-electron chi connectivity index (χ1n) is 7.60. The third-order valence-corrected chi connectivity index (χ3v) is 3.52. The number of aromatic nitrogens is 4. The highest BCUT2D eigenvalue weighted by atomic mass is 16.5. The summed E-state index contributed by atoms with van der Waals surface area (Å²) >= 11 is 0. The molecule has 6 heteroatoms. The van der Waals surface area contributed by atoms with Gasteiger partial charge in [0.2, 0.25) is 0 Å². The molecular formula is C18H18N4O2. The van der Waals surface area contributed by atoms with Crippen LogP contribution in [-0.2, 0) is 0 Å². The molecule has 0 bridgehead atoms. The molecule has 0 aliphatic heterocycles. The van der Waals surface area contributed by atoms with Crippen molar-refractivity contribution < 1.29 is 9.53 Å². The molecule has 0 unspecified atom stereocenters. The number of ether oxygens (including phenoxy) is 1. The lowest BCUT2D eigenvalue weighted by Crippen LogP contribution is -2.05. The van der Waals surface area contributed by atoms with Crippen molar-refractivity contribution in [1.82, 2.24) is 19.7 Å². The molecule has 0 amide bonds. The predicted molar refractivity (Wildman–Crippen MR) is 89.9 cm³/mol. The van der Waals surface area contributed by atoms with E-state index in [0.717, 1.165) is 17.1 Å². The molecule has 0 aliphatic rings. The van der Waals surface area contributed by atoms with Gasteiger partial charge < -0.3 is 4.74 Å². The van der Waals surface area contributed by atoms with Crippen molar-refractivity contribution in [3.8, 4) is 17.6 Å². The highest BCUT2D eigenvalue weighted by Crippen LogP contribution is 2.21. The highest BCUT2D eigenvalue weighted by molar-refractivity contribution is 5.94. The van der Waals surface area contributed by atoms with E-state index in [-0.39, 0.29) is 11.8 Å². The summed E-state index contributed by atoms with van der Waals surface area (Å²) in [6.07, 6.45) is 0. The van der Waals surface area contributed by atoms with Crippen LogP contribution in [0.15, 0.2) is 36.4 Å². The van der Waals surface area contributed by atoms with Crippen LogP contribution in [0.5, 0.6) is 11.8 Å². The van der Waals surface area contributed by atoms with Gasteiger partial charge in [-0.1, -0.05) is 0 Å². The van der Waals surface area contributed by atoms with Gasteiger partial charge in [-0.15, -0.1) is 0 Å². The quantitative estimate of drug-likeness (QED) is 0.687. The van der Waals surface area contributed by atoms with E-state index in [0.29, 0.717) is 17.1 Å². The van der Waals surface area contributed by atoms with Gasteiger partial charge in [0.1, 0.15) is 5.75 Å². The maximum atomic E-state index is 11.3. The summed E-state index contributed by atoms with van der Waals surface area (Å²) in [4.78, 5) is 20.1. The van der Waals surface area contributed by atoms with E-state index in [1.54, 1.807) is 28.9 Å². The molecule has 3 rings (SSSR count). The average molecular weight is 322 g/mol. The summed E-state index contributed by atoms with van der Waals surface area (Å²) in [7, 11) is 0. The van der Waals surface area contributed by atoms with Crippen molar-refractivity contribution in [1.29, 1.82) is 0 Å². The van der Waals surface area contributed by atoms with E-state index < -0.39 is 0 Å². The molecule has 3 aromatic rings. The van der Waals surface area contributed by atoms with Gasteiger partial charge in [-0.25, -0.2) is 9.67 Å². The Morgan fingerprint density at radius 3 is 2.29 bits per heavy atom. The largest absolute Gasteiger partial charge is 0.424 e. The molecule has 0 radical (unpaired) electrons. The van der Waals surface area contributed by atoms with Crippen LogP contribution in [0.3, 0.4) is 0 Å². The van der Waals surface area contributed by atoms with E-state index in [1.807, 2.05) is 32.9 Å². The Morgan fingerprint density at radius 1 is 1.00 bits per heavy atom. The number of Topliss-reactive ketones (excluding diaryl/α,β-unsaturated/α-hetero) is 1.